The second kappa shape index (κ2) is 7.83. The van der Waals surface area contributed by atoms with Crippen LogP contribution in [0.4, 0.5) is 19.0 Å². The van der Waals surface area contributed by atoms with Crippen LogP contribution < -0.4 is 10.6 Å². The Balaban J connectivity index is 1.59. The number of benzene rings is 1. The lowest BCUT2D eigenvalue weighted by Crippen LogP contribution is -2.35. The number of hydrogen-bond acceptors (Lipinski definition) is 4. The van der Waals surface area contributed by atoms with Crippen molar-refractivity contribution in [2.24, 2.45) is 0 Å². The Labute approximate surface area is 177 Å². The smallest absolute Gasteiger partial charge is 0.363 e. The molecule has 2 unspecified atom stereocenters. The molecule has 1 aliphatic rings. The SMILES string of the molecule is O=C(NCc1cccs1)c1cc2n(n1)C(C(F)(F)F)CC(c1ccc(Br)cc1)N2. The zero-order valence-corrected chi connectivity index (χ0v) is 17.3. The summed E-state index contributed by atoms with van der Waals surface area (Å²) in [4.78, 5) is 13.4. The Hall–Kier alpha value is -2.33. The quantitative estimate of drug-likeness (QED) is 0.528. The predicted molar refractivity (Wildman–Crippen MR) is 108 cm³/mol. The average Bonchev–Trinajstić information content (AvgIpc) is 3.34. The summed E-state index contributed by atoms with van der Waals surface area (Å²) in [5.74, 6) is -0.337. The molecule has 5 nitrogen and oxygen atoms in total. The monoisotopic (exact) mass is 484 g/mol. The summed E-state index contributed by atoms with van der Waals surface area (Å²) in [6.45, 7) is 0.302. The molecule has 2 atom stereocenters. The molecule has 0 radical (unpaired) electrons. The van der Waals surface area contributed by atoms with Crippen molar-refractivity contribution < 1.29 is 18.0 Å². The third-order valence-electron chi connectivity index (χ3n) is 4.70. The third-order valence-corrected chi connectivity index (χ3v) is 6.10. The molecule has 1 aromatic carbocycles. The molecule has 1 aliphatic heterocycles. The molecule has 1 amide bonds. The van der Waals surface area contributed by atoms with Gasteiger partial charge in [-0.25, -0.2) is 4.68 Å². The van der Waals surface area contributed by atoms with Gasteiger partial charge in [0.1, 0.15) is 5.82 Å². The maximum atomic E-state index is 13.7. The Morgan fingerprint density at radius 2 is 2.07 bits per heavy atom. The van der Waals surface area contributed by atoms with Crippen molar-refractivity contribution in [3.63, 3.8) is 0 Å². The number of carbonyl (C=O) groups excluding carboxylic acids is 1. The molecule has 0 saturated carbocycles. The highest BCUT2D eigenvalue weighted by molar-refractivity contribution is 9.10. The molecule has 3 heterocycles. The number of carbonyl (C=O) groups is 1. The molecular formula is C19H16BrF3N4OS. The molecule has 0 bridgehead atoms. The van der Waals surface area contributed by atoms with Crippen molar-refractivity contribution in [1.29, 1.82) is 0 Å². The molecule has 0 aliphatic carbocycles. The first-order chi connectivity index (χ1) is 13.8. The fraction of sp³-hybridized carbons (Fsp3) is 0.263. The highest BCUT2D eigenvalue weighted by Gasteiger charge is 2.46. The van der Waals surface area contributed by atoms with E-state index in [1.807, 2.05) is 17.5 Å². The van der Waals surface area contributed by atoms with Gasteiger partial charge in [0.2, 0.25) is 0 Å². The maximum Gasteiger partial charge on any atom is 0.410 e. The molecule has 3 aromatic rings. The summed E-state index contributed by atoms with van der Waals surface area (Å²) in [7, 11) is 0. The van der Waals surface area contributed by atoms with Gasteiger partial charge in [-0.15, -0.1) is 11.3 Å². The standard InChI is InChI=1S/C19H16BrF3N4OS/c20-12-5-3-11(4-6-12)14-8-16(19(21,22)23)27-17(25-14)9-15(26-27)18(28)24-10-13-2-1-7-29-13/h1-7,9,14,16,25H,8,10H2,(H,24,28). The van der Waals surface area contributed by atoms with Gasteiger partial charge in [-0.3, -0.25) is 4.79 Å². The van der Waals surface area contributed by atoms with Gasteiger partial charge >= 0.3 is 6.18 Å². The van der Waals surface area contributed by atoms with Crippen LogP contribution in [0.1, 0.15) is 39.4 Å². The second-order valence-electron chi connectivity index (χ2n) is 6.66. The molecule has 0 spiro atoms. The number of thiophene rings is 1. The fourth-order valence-corrected chi connectivity index (χ4v) is 4.18. The van der Waals surface area contributed by atoms with Crippen molar-refractivity contribution in [2.45, 2.75) is 31.2 Å². The maximum absolute atomic E-state index is 13.7. The summed E-state index contributed by atoms with van der Waals surface area (Å²) in [5, 5.41) is 11.6. The summed E-state index contributed by atoms with van der Waals surface area (Å²) in [6.07, 6.45) is -4.70. The van der Waals surface area contributed by atoms with Crippen LogP contribution in [-0.4, -0.2) is 21.9 Å². The van der Waals surface area contributed by atoms with Crippen molar-refractivity contribution in [3.8, 4) is 0 Å². The van der Waals surface area contributed by atoms with Gasteiger partial charge in [-0.1, -0.05) is 34.1 Å². The predicted octanol–water partition coefficient (Wildman–Crippen LogP) is 5.30. The Bertz CT molecular complexity index is 1000. The topological polar surface area (TPSA) is 59.0 Å². The van der Waals surface area contributed by atoms with Gasteiger partial charge in [-0.05, 0) is 29.1 Å². The van der Waals surface area contributed by atoms with Gasteiger partial charge in [0.25, 0.3) is 5.91 Å². The summed E-state index contributed by atoms with van der Waals surface area (Å²) < 4.78 is 42.9. The number of nitrogens with zero attached hydrogens (tertiary/aromatic N) is 2. The normalized spacial score (nSPS) is 18.8. The number of fused-ring (bicyclic) bond motifs is 1. The summed E-state index contributed by atoms with van der Waals surface area (Å²) in [6, 6.07) is 9.87. The number of aromatic nitrogens is 2. The van der Waals surface area contributed by atoms with E-state index in [1.165, 1.54) is 17.4 Å². The minimum atomic E-state index is -4.48. The minimum absolute atomic E-state index is 0.0465. The van der Waals surface area contributed by atoms with E-state index in [1.54, 1.807) is 24.3 Å². The second-order valence-corrected chi connectivity index (χ2v) is 8.61. The third kappa shape index (κ3) is 4.32. The highest BCUT2D eigenvalue weighted by Crippen LogP contribution is 2.43. The summed E-state index contributed by atoms with van der Waals surface area (Å²) >= 11 is 4.81. The van der Waals surface area contributed by atoms with Crippen LogP contribution in [0.3, 0.4) is 0 Å². The largest absolute Gasteiger partial charge is 0.410 e. The van der Waals surface area contributed by atoms with Crippen LogP contribution in [0.5, 0.6) is 0 Å². The number of anilines is 1. The first kappa shape index (κ1) is 20.0. The molecule has 0 saturated heterocycles. The van der Waals surface area contributed by atoms with Crippen molar-refractivity contribution in [2.75, 3.05) is 5.32 Å². The molecule has 152 valence electrons. The molecule has 0 fully saturated rings. The first-order valence-corrected chi connectivity index (χ1v) is 10.5. The van der Waals surface area contributed by atoms with Gasteiger partial charge in [0.15, 0.2) is 11.7 Å². The lowest BCUT2D eigenvalue weighted by molar-refractivity contribution is -0.173. The number of hydrogen-bond donors (Lipinski definition) is 2. The molecular weight excluding hydrogens is 469 g/mol. The van der Waals surface area contributed by atoms with E-state index in [9.17, 15) is 18.0 Å². The molecule has 10 heteroatoms. The van der Waals surface area contributed by atoms with Crippen LogP contribution in [0.15, 0.2) is 52.3 Å². The number of nitrogens with one attached hydrogen (secondary N) is 2. The molecule has 2 aromatic heterocycles. The van der Waals surface area contributed by atoms with E-state index >= 15 is 0 Å². The van der Waals surface area contributed by atoms with E-state index in [2.05, 4.69) is 31.7 Å². The number of amides is 1. The van der Waals surface area contributed by atoms with Gasteiger partial charge in [0.05, 0.1) is 12.6 Å². The van der Waals surface area contributed by atoms with Crippen LogP contribution in [0.25, 0.3) is 0 Å². The molecule has 2 N–H and O–H groups in total. The van der Waals surface area contributed by atoms with Crippen molar-refractivity contribution >= 4 is 39.0 Å². The highest BCUT2D eigenvalue weighted by atomic mass is 79.9. The van der Waals surface area contributed by atoms with E-state index in [0.29, 0.717) is 6.54 Å². The van der Waals surface area contributed by atoms with Crippen LogP contribution in [0, 0.1) is 0 Å². The van der Waals surface area contributed by atoms with Crippen LogP contribution >= 0.6 is 27.3 Å². The summed E-state index contributed by atoms with van der Waals surface area (Å²) in [5.41, 5.74) is 0.688. The average molecular weight is 485 g/mol. The lowest BCUT2D eigenvalue weighted by Gasteiger charge is -2.33. The van der Waals surface area contributed by atoms with Gasteiger partial charge in [-0.2, -0.15) is 18.3 Å². The zero-order valence-electron chi connectivity index (χ0n) is 14.9. The van der Waals surface area contributed by atoms with E-state index in [-0.39, 0.29) is 17.9 Å². The van der Waals surface area contributed by atoms with Gasteiger partial charge < -0.3 is 10.6 Å². The lowest BCUT2D eigenvalue weighted by atomic mass is 9.97. The van der Waals surface area contributed by atoms with E-state index < -0.39 is 24.2 Å². The molecule has 4 rings (SSSR count). The minimum Gasteiger partial charge on any atom is -0.363 e. The number of rotatable bonds is 4. The van der Waals surface area contributed by atoms with Crippen LogP contribution in [-0.2, 0) is 6.54 Å². The van der Waals surface area contributed by atoms with Crippen molar-refractivity contribution in [1.82, 2.24) is 15.1 Å². The Morgan fingerprint density at radius 3 is 2.72 bits per heavy atom. The zero-order chi connectivity index (χ0) is 20.6. The van der Waals surface area contributed by atoms with Crippen molar-refractivity contribution in [3.05, 3.63) is 68.5 Å². The molecule has 29 heavy (non-hydrogen) atoms. The van der Waals surface area contributed by atoms with E-state index in [0.717, 1.165) is 19.6 Å². The number of halogens is 4. The van der Waals surface area contributed by atoms with Crippen LogP contribution in [0.2, 0.25) is 0 Å². The number of alkyl halides is 3. The Kier molecular flexibility index (Phi) is 5.39. The fourth-order valence-electron chi connectivity index (χ4n) is 3.27. The van der Waals surface area contributed by atoms with Gasteiger partial charge in [0, 0.05) is 21.8 Å². The first-order valence-electron chi connectivity index (χ1n) is 8.80. The Morgan fingerprint density at radius 1 is 1.31 bits per heavy atom. The van der Waals surface area contributed by atoms with E-state index in [4.69, 9.17) is 0 Å².